The summed E-state index contributed by atoms with van der Waals surface area (Å²) in [4.78, 5) is 0.427. The number of halogens is 3. The molecule has 0 aromatic carbocycles. The van der Waals surface area contributed by atoms with E-state index in [1.165, 1.54) is 0 Å². The molecule has 1 aliphatic rings. The van der Waals surface area contributed by atoms with Crippen LogP contribution in [0.25, 0.3) is 0 Å². The van der Waals surface area contributed by atoms with Crippen molar-refractivity contribution in [2.45, 2.75) is 12.3 Å². The van der Waals surface area contributed by atoms with E-state index in [1.807, 2.05) is 0 Å². The molecule has 0 unspecified atom stereocenters. The van der Waals surface area contributed by atoms with E-state index in [2.05, 4.69) is 0 Å². The number of hydrogen-bond donors (Lipinski definition) is 1. The Balaban J connectivity index is 2.59. The lowest BCUT2D eigenvalue weighted by Crippen LogP contribution is -2.55. The summed E-state index contributed by atoms with van der Waals surface area (Å²) < 4.78 is 41.5. The zero-order valence-electron chi connectivity index (χ0n) is 6.47. The molecular weight excluding hydrogens is 173 g/mol. The van der Waals surface area contributed by atoms with E-state index in [0.717, 1.165) is 0 Å². The summed E-state index contributed by atoms with van der Waals surface area (Å²) in [5.74, 6) is 0. The van der Waals surface area contributed by atoms with Gasteiger partial charge in [-0.15, -0.1) is 0 Å². The molecule has 0 amide bonds. The Hall–Kier alpha value is -0.330. The van der Waals surface area contributed by atoms with Crippen molar-refractivity contribution < 1.29 is 17.9 Å². The zero-order valence-corrected chi connectivity index (χ0v) is 6.47. The van der Waals surface area contributed by atoms with Crippen molar-refractivity contribution in [3.8, 4) is 0 Å². The van der Waals surface area contributed by atoms with Gasteiger partial charge in [-0.05, 0) is 0 Å². The predicted octanol–water partition coefficient (Wildman–Crippen LogP) is 0.166. The van der Waals surface area contributed by atoms with Crippen LogP contribution in [0, 0.1) is 0 Å². The molecule has 1 atom stereocenters. The van der Waals surface area contributed by atoms with Gasteiger partial charge < -0.3 is 10.5 Å². The lowest BCUT2D eigenvalue weighted by atomic mass is 10.2. The molecule has 1 heterocycles. The van der Waals surface area contributed by atoms with E-state index < -0.39 is 12.3 Å². The number of morpholine rings is 1. The van der Waals surface area contributed by atoms with Crippen LogP contribution >= 0.6 is 0 Å². The molecule has 0 spiro atoms. The maximum atomic E-state index is 12.2. The summed E-state index contributed by atoms with van der Waals surface area (Å²) in [6.45, 7) is 0.0386. The highest BCUT2D eigenvalue weighted by Gasteiger charge is 2.42. The standard InChI is InChI=1S/C6H11F3N2O/c7-6(8,9)11-1-2-12-4-5(11)3-10/h5H,1-4,10H2/t5-/m1/s1. The van der Waals surface area contributed by atoms with Crippen LogP contribution < -0.4 is 5.73 Å². The summed E-state index contributed by atoms with van der Waals surface area (Å²) in [5, 5.41) is 0. The topological polar surface area (TPSA) is 38.5 Å². The number of alkyl halides is 3. The third-order valence-electron chi connectivity index (χ3n) is 1.83. The lowest BCUT2D eigenvalue weighted by molar-refractivity contribution is -0.274. The van der Waals surface area contributed by atoms with Gasteiger partial charge in [0.2, 0.25) is 0 Å². The van der Waals surface area contributed by atoms with Crippen LogP contribution in [0.15, 0.2) is 0 Å². The SMILES string of the molecule is NC[C@@H]1COCCN1C(F)(F)F. The number of ether oxygens (including phenoxy) is 1. The minimum atomic E-state index is -4.28. The highest BCUT2D eigenvalue weighted by atomic mass is 19.4. The third kappa shape index (κ3) is 2.09. The van der Waals surface area contributed by atoms with Crippen molar-refractivity contribution >= 4 is 0 Å². The molecule has 0 saturated carbocycles. The molecule has 12 heavy (non-hydrogen) atoms. The Bertz CT molecular complexity index is 150. The predicted molar refractivity (Wildman–Crippen MR) is 36.4 cm³/mol. The van der Waals surface area contributed by atoms with E-state index >= 15 is 0 Å². The van der Waals surface area contributed by atoms with Crippen molar-refractivity contribution in [2.24, 2.45) is 5.73 Å². The average molecular weight is 184 g/mol. The van der Waals surface area contributed by atoms with Gasteiger partial charge in [0, 0.05) is 13.1 Å². The van der Waals surface area contributed by atoms with Crippen LogP contribution in [0.3, 0.4) is 0 Å². The fraction of sp³-hybridized carbons (Fsp3) is 1.00. The lowest BCUT2D eigenvalue weighted by Gasteiger charge is -2.35. The number of hydrogen-bond acceptors (Lipinski definition) is 3. The Morgan fingerprint density at radius 3 is 2.58 bits per heavy atom. The van der Waals surface area contributed by atoms with Gasteiger partial charge in [-0.3, -0.25) is 0 Å². The summed E-state index contributed by atoms with van der Waals surface area (Å²) in [6.07, 6.45) is -4.28. The molecule has 0 aliphatic carbocycles. The van der Waals surface area contributed by atoms with Gasteiger partial charge in [-0.25, -0.2) is 4.90 Å². The van der Waals surface area contributed by atoms with E-state index in [4.69, 9.17) is 10.5 Å². The third-order valence-corrected chi connectivity index (χ3v) is 1.83. The number of rotatable bonds is 1. The first kappa shape index (κ1) is 9.76. The van der Waals surface area contributed by atoms with Crippen molar-refractivity contribution in [3.63, 3.8) is 0 Å². The molecule has 6 heteroatoms. The molecule has 3 nitrogen and oxygen atoms in total. The molecule has 0 radical (unpaired) electrons. The van der Waals surface area contributed by atoms with Crippen LogP contribution in [-0.2, 0) is 4.74 Å². The molecule has 1 fully saturated rings. The molecule has 0 aromatic heterocycles. The maximum absolute atomic E-state index is 12.2. The largest absolute Gasteiger partial charge is 0.460 e. The molecule has 1 aliphatic heterocycles. The van der Waals surface area contributed by atoms with E-state index in [9.17, 15) is 13.2 Å². The highest BCUT2D eigenvalue weighted by Crippen LogP contribution is 2.24. The van der Waals surface area contributed by atoms with Crippen LogP contribution in [0.2, 0.25) is 0 Å². The monoisotopic (exact) mass is 184 g/mol. The normalized spacial score (nSPS) is 27.5. The molecule has 2 N–H and O–H groups in total. The average Bonchev–Trinajstić information content (AvgIpc) is 2.03. The molecule has 1 saturated heterocycles. The Morgan fingerprint density at radius 2 is 2.17 bits per heavy atom. The summed E-state index contributed by atoms with van der Waals surface area (Å²) >= 11 is 0. The van der Waals surface area contributed by atoms with Gasteiger partial charge in [0.15, 0.2) is 0 Å². The van der Waals surface area contributed by atoms with Gasteiger partial charge >= 0.3 is 6.30 Å². The second-order valence-corrected chi connectivity index (χ2v) is 2.63. The van der Waals surface area contributed by atoms with Crippen LogP contribution in [0.5, 0.6) is 0 Å². The minimum Gasteiger partial charge on any atom is -0.378 e. The molecule has 0 bridgehead atoms. The summed E-state index contributed by atoms with van der Waals surface area (Å²) in [7, 11) is 0. The number of nitrogens with two attached hydrogens (primary N) is 1. The highest BCUT2D eigenvalue weighted by molar-refractivity contribution is 4.77. The fourth-order valence-electron chi connectivity index (χ4n) is 1.18. The number of nitrogens with zero attached hydrogens (tertiary/aromatic N) is 1. The van der Waals surface area contributed by atoms with Gasteiger partial charge in [0.25, 0.3) is 0 Å². The van der Waals surface area contributed by atoms with Gasteiger partial charge in [0.05, 0.1) is 19.3 Å². The molecule has 1 rings (SSSR count). The summed E-state index contributed by atoms with van der Waals surface area (Å²) in [6, 6.07) is -0.723. The fourth-order valence-corrected chi connectivity index (χ4v) is 1.18. The maximum Gasteiger partial charge on any atom is 0.460 e. The van der Waals surface area contributed by atoms with Crippen LogP contribution in [0.4, 0.5) is 13.2 Å². The summed E-state index contributed by atoms with van der Waals surface area (Å²) in [5.41, 5.74) is 5.17. The Kier molecular flexibility index (Phi) is 2.92. The van der Waals surface area contributed by atoms with Crippen LogP contribution in [-0.4, -0.2) is 43.5 Å². The van der Waals surface area contributed by atoms with E-state index in [1.54, 1.807) is 0 Å². The van der Waals surface area contributed by atoms with Gasteiger partial charge in [-0.1, -0.05) is 0 Å². The Morgan fingerprint density at radius 1 is 1.50 bits per heavy atom. The van der Waals surface area contributed by atoms with Gasteiger partial charge in [-0.2, -0.15) is 13.2 Å². The zero-order chi connectivity index (χ0) is 9.19. The van der Waals surface area contributed by atoms with E-state index in [-0.39, 0.29) is 26.3 Å². The smallest absolute Gasteiger partial charge is 0.378 e. The van der Waals surface area contributed by atoms with Crippen molar-refractivity contribution in [2.75, 3.05) is 26.3 Å². The van der Waals surface area contributed by atoms with E-state index in [0.29, 0.717) is 4.90 Å². The molecule has 0 aromatic rings. The second kappa shape index (κ2) is 3.59. The van der Waals surface area contributed by atoms with Crippen molar-refractivity contribution in [3.05, 3.63) is 0 Å². The van der Waals surface area contributed by atoms with Crippen molar-refractivity contribution in [1.29, 1.82) is 0 Å². The van der Waals surface area contributed by atoms with Crippen LogP contribution in [0.1, 0.15) is 0 Å². The molecule has 72 valence electrons. The molecular formula is C6H11F3N2O. The first-order valence-corrected chi connectivity index (χ1v) is 3.67. The Labute approximate surface area is 68.3 Å². The quantitative estimate of drug-likeness (QED) is 0.590. The second-order valence-electron chi connectivity index (χ2n) is 2.63. The van der Waals surface area contributed by atoms with Crippen molar-refractivity contribution in [1.82, 2.24) is 4.90 Å². The minimum absolute atomic E-state index is 0.0283. The van der Waals surface area contributed by atoms with Gasteiger partial charge in [0.1, 0.15) is 0 Å². The first-order valence-electron chi connectivity index (χ1n) is 3.67. The first-order chi connectivity index (χ1) is 5.55.